The number of aliphatic hydroxyl groups excluding tert-OH is 1. The number of aryl methyl sites for hydroxylation is 1. The summed E-state index contributed by atoms with van der Waals surface area (Å²) >= 11 is 0. The lowest BCUT2D eigenvalue weighted by Gasteiger charge is -2.15. The number of rotatable bonds is 8. The Kier molecular flexibility index (Phi) is 6.81. The minimum Gasteiger partial charge on any atom is -0.394 e. The van der Waals surface area contributed by atoms with E-state index in [1.807, 2.05) is 37.4 Å². The molecule has 0 aliphatic carbocycles. The third-order valence-electron chi connectivity index (χ3n) is 3.90. The van der Waals surface area contributed by atoms with Crippen LogP contribution in [0.1, 0.15) is 33.1 Å². The molecule has 0 saturated carbocycles. The molecule has 130 valence electrons. The molecule has 2 aromatic rings. The number of carbonyl (C=O) groups excluding carboxylic acids is 1. The molecule has 1 heterocycles. The van der Waals surface area contributed by atoms with Crippen LogP contribution in [0.2, 0.25) is 0 Å². The number of urea groups is 1. The summed E-state index contributed by atoms with van der Waals surface area (Å²) in [6, 6.07) is 7.07. The lowest BCUT2D eigenvalue weighted by Crippen LogP contribution is -2.39. The van der Waals surface area contributed by atoms with E-state index in [9.17, 15) is 4.79 Å². The van der Waals surface area contributed by atoms with Gasteiger partial charge in [0.05, 0.1) is 12.6 Å². The number of anilines is 1. The van der Waals surface area contributed by atoms with Gasteiger partial charge in [-0.05, 0) is 25.0 Å². The van der Waals surface area contributed by atoms with Crippen molar-refractivity contribution in [3.05, 3.63) is 36.7 Å². The number of aromatic nitrogens is 2. The van der Waals surface area contributed by atoms with Crippen LogP contribution in [0.25, 0.3) is 11.4 Å². The highest BCUT2D eigenvalue weighted by Crippen LogP contribution is 2.21. The van der Waals surface area contributed by atoms with E-state index in [0.29, 0.717) is 12.1 Å². The number of unbranched alkanes of at least 4 members (excludes halogenated alkanes) is 1. The van der Waals surface area contributed by atoms with E-state index in [4.69, 9.17) is 5.11 Å². The number of nitrogens with zero attached hydrogens (tertiary/aromatic N) is 2. The van der Waals surface area contributed by atoms with Gasteiger partial charge in [-0.25, -0.2) is 9.78 Å². The van der Waals surface area contributed by atoms with Gasteiger partial charge >= 0.3 is 6.03 Å². The minimum absolute atomic E-state index is 0.0706. The lowest BCUT2D eigenvalue weighted by molar-refractivity contribution is 0.222. The van der Waals surface area contributed by atoms with Gasteiger partial charge in [-0.15, -0.1) is 0 Å². The summed E-state index contributed by atoms with van der Waals surface area (Å²) < 4.78 is 2.13. The summed E-state index contributed by atoms with van der Waals surface area (Å²) in [5, 5.41) is 14.7. The average molecular weight is 330 g/mol. The number of carbonyl (C=O) groups is 1. The number of benzene rings is 1. The third-order valence-corrected chi connectivity index (χ3v) is 3.90. The Hall–Kier alpha value is -2.34. The second-order valence-electron chi connectivity index (χ2n) is 5.76. The van der Waals surface area contributed by atoms with Crippen molar-refractivity contribution < 1.29 is 9.90 Å². The van der Waals surface area contributed by atoms with Gasteiger partial charge in [0.1, 0.15) is 5.82 Å². The molecule has 0 spiro atoms. The Morgan fingerprint density at radius 3 is 2.92 bits per heavy atom. The first-order chi connectivity index (χ1) is 11.7. The number of nitrogens with one attached hydrogen (secondary N) is 2. The van der Waals surface area contributed by atoms with E-state index < -0.39 is 0 Å². The number of aliphatic hydroxyl groups is 1. The predicted octanol–water partition coefficient (Wildman–Crippen LogP) is 3.24. The standard InChI is InChI=1S/C18H26N4O2/c1-3-5-10-22-11-9-19-17(22)14-7-6-8-16(12-14)21-18(24)20-15(4-2)13-23/h6-9,11-12,15,23H,3-5,10,13H2,1-2H3,(H2,20,21,24). The highest BCUT2D eigenvalue weighted by Gasteiger charge is 2.10. The van der Waals surface area contributed by atoms with Crippen molar-refractivity contribution in [1.29, 1.82) is 0 Å². The molecule has 6 nitrogen and oxygen atoms in total. The first-order valence-electron chi connectivity index (χ1n) is 8.47. The summed E-state index contributed by atoms with van der Waals surface area (Å²) in [6.07, 6.45) is 6.68. The molecule has 0 bridgehead atoms. The van der Waals surface area contributed by atoms with Crippen molar-refractivity contribution in [3.63, 3.8) is 0 Å². The Morgan fingerprint density at radius 1 is 1.38 bits per heavy atom. The molecule has 0 radical (unpaired) electrons. The maximum absolute atomic E-state index is 12.0. The van der Waals surface area contributed by atoms with Gasteiger partial charge < -0.3 is 20.3 Å². The molecule has 6 heteroatoms. The molecule has 2 amide bonds. The van der Waals surface area contributed by atoms with E-state index in [2.05, 4.69) is 27.1 Å². The molecule has 1 aromatic carbocycles. The summed E-state index contributed by atoms with van der Waals surface area (Å²) in [7, 11) is 0. The normalized spacial score (nSPS) is 12.0. The van der Waals surface area contributed by atoms with Crippen LogP contribution in [0.5, 0.6) is 0 Å². The molecular weight excluding hydrogens is 304 g/mol. The topological polar surface area (TPSA) is 79.2 Å². The molecule has 1 aromatic heterocycles. The van der Waals surface area contributed by atoms with Gasteiger partial charge in [0.15, 0.2) is 0 Å². The van der Waals surface area contributed by atoms with Crippen LogP contribution in [-0.4, -0.2) is 33.3 Å². The summed E-state index contributed by atoms with van der Waals surface area (Å²) in [6.45, 7) is 4.94. The molecule has 24 heavy (non-hydrogen) atoms. The van der Waals surface area contributed by atoms with Crippen LogP contribution < -0.4 is 10.6 Å². The van der Waals surface area contributed by atoms with Crippen LogP contribution >= 0.6 is 0 Å². The molecular formula is C18H26N4O2. The van der Waals surface area contributed by atoms with Gasteiger partial charge in [0, 0.05) is 30.2 Å². The first-order valence-corrected chi connectivity index (χ1v) is 8.47. The number of imidazole rings is 1. The van der Waals surface area contributed by atoms with Crippen LogP contribution in [0.15, 0.2) is 36.7 Å². The molecule has 3 N–H and O–H groups in total. The summed E-state index contributed by atoms with van der Waals surface area (Å²) in [5.74, 6) is 0.898. The van der Waals surface area contributed by atoms with Crippen molar-refractivity contribution in [2.75, 3.05) is 11.9 Å². The second-order valence-corrected chi connectivity index (χ2v) is 5.76. The fraction of sp³-hybridized carbons (Fsp3) is 0.444. The van der Waals surface area contributed by atoms with E-state index >= 15 is 0 Å². The Morgan fingerprint density at radius 2 is 2.21 bits per heavy atom. The first kappa shape index (κ1) is 18.0. The maximum Gasteiger partial charge on any atom is 0.319 e. The number of hydrogen-bond donors (Lipinski definition) is 3. The summed E-state index contributed by atoms with van der Waals surface area (Å²) in [5.41, 5.74) is 1.66. The molecule has 0 aliphatic rings. The van der Waals surface area contributed by atoms with Crippen LogP contribution in [-0.2, 0) is 6.54 Å². The molecule has 2 rings (SSSR count). The van der Waals surface area contributed by atoms with Gasteiger partial charge in [-0.1, -0.05) is 32.4 Å². The highest BCUT2D eigenvalue weighted by molar-refractivity contribution is 5.90. The maximum atomic E-state index is 12.0. The van der Waals surface area contributed by atoms with Crippen molar-refractivity contribution in [3.8, 4) is 11.4 Å². The lowest BCUT2D eigenvalue weighted by atomic mass is 10.2. The van der Waals surface area contributed by atoms with Crippen molar-refractivity contribution in [2.24, 2.45) is 0 Å². The van der Waals surface area contributed by atoms with E-state index in [1.165, 1.54) is 0 Å². The highest BCUT2D eigenvalue weighted by atomic mass is 16.3. The smallest absolute Gasteiger partial charge is 0.319 e. The van der Waals surface area contributed by atoms with Gasteiger partial charge in [-0.2, -0.15) is 0 Å². The molecule has 0 aliphatic heterocycles. The Labute approximate surface area is 142 Å². The van der Waals surface area contributed by atoms with Crippen LogP contribution in [0, 0.1) is 0 Å². The van der Waals surface area contributed by atoms with Gasteiger partial charge in [0.25, 0.3) is 0 Å². The van der Waals surface area contributed by atoms with E-state index in [-0.39, 0.29) is 18.7 Å². The molecule has 1 atom stereocenters. The molecule has 0 saturated heterocycles. The fourth-order valence-electron chi connectivity index (χ4n) is 2.44. The van der Waals surface area contributed by atoms with E-state index in [0.717, 1.165) is 30.8 Å². The third kappa shape index (κ3) is 4.83. The molecule has 1 unspecified atom stereocenters. The largest absolute Gasteiger partial charge is 0.394 e. The van der Waals surface area contributed by atoms with Crippen molar-refractivity contribution in [1.82, 2.24) is 14.9 Å². The quantitative estimate of drug-likeness (QED) is 0.695. The second kappa shape index (κ2) is 9.08. The van der Waals surface area contributed by atoms with Gasteiger partial charge in [0.2, 0.25) is 0 Å². The van der Waals surface area contributed by atoms with Gasteiger partial charge in [-0.3, -0.25) is 0 Å². The monoisotopic (exact) mass is 330 g/mol. The van der Waals surface area contributed by atoms with E-state index in [1.54, 1.807) is 6.20 Å². The zero-order valence-corrected chi connectivity index (χ0v) is 14.3. The Balaban J connectivity index is 2.09. The van der Waals surface area contributed by atoms with Crippen molar-refractivity contribution >= 4 is 11.7 Å². The van der Waals surface area contributed by atoms with Crippen molar-refractivity contribution in [2.45, 2.75) is 45.7 Å². The van der Waals surface area contributed by atoms with Crippen LogP contribution in [0.4, 0.5) is 10.5 Å². The zero-order chi connectivity index (χ0) is 17.4. The Bertz CT molecular complexity index is 650. The number of amides is 2. The SMILES string of the molecule is CCCCn1ccnc1-c1cccc(NC(=O)NC(CC)CO)c1. The fourth-order valence-corrected chi connectivity index (χ4v) is 2.44. The summed E-state index contributed by atoms with van der Waals surface area (Å²) in [4.78, 5) is 16.4. The van der Waals surface area contributed by atoms with Crippen LogP contribution in [0.3, 0.4) is 0 Å². The molecule has 0 fully saturated rings. The zero-order valence-electron chi connectivity index (χ0n) is 14.3. The average Bonchev–Trinajstić information content (AvgIpc) is 3.06. The number of hydrogen-bond acceptors (Lipinski definition) is 3. The minimum atomic E-state index is -0.317. The predicted molar refractivity (Wildman–Crippen MR) is 95.9 cm³/mol.